The molecule has 3 rings (SSSR count). The monoisotopic (exact) mass is 330 g/mol. The molecule has 0 spiro atoms. The van der Waals surface area contributed by atoms with Crippen molar-refractivity contribution in [1.29, 1.82) is 0 Å². The van der Waals surface area contributed by atoms with Gasteiger partial charge in [-0.3, -0.25) is 9.48 Å². The predicted molar refractivity (Wildman–Crippen MR) is 91.8 cm³/mol. The molecule has 0 radical (unpaired) electrons. The van der Waals surface area contributed by atoms with E-state index in [0.717, 1.165) is 42.9 Å². The lowest BCUT2D eigenvalue weighted by Gasteiger charge is -2.35. The Morgan fingerprint density at radius 2 is 2.17 bits per heavy atom. The Balaban J connectivity index is 1.69. The first-order valence-electron chi connectivity index (χ1n) is 8.26. The van der Waals surface area contributed by atoms with Gasteiger partial charge in [0.25, 0.3) is 5.91 Å². The first-order chi connectivity index (χ1) is 11.5. The number of carbonyl (C=O) groups is 1. The summed E-state index contributed by atoms with van der Waals surface area (Å²) in [7, 11) is 1.83. The highest BCUT2D eigenvalue weighted by atomic mass is 19.1. The van der Waals surface area contributed by atoms with Crippen molar-refractivity contribution < 1.29 is 9.18 Å². The Kier molecular flexibility index (Phi) is 4.55. The molecule has 1 aromatic carbocycles. The van der Waals surface area contributed by atoms with Crippen molar-refractivity contribution in [1.82, 2.24) is 15.1 Å². The minimum atomic E-state index is -0.217. The second-order valence-corrected chi connectivity index (χ2v) is 6.46. The number of aromatic nitrogens is 2. The lowest BCUT2D eigenvalue weighted by molar-refractivity contribution is 0.0932. The van der Waals surface area contributed by atoms with Crippen LogP contribution < -0.4 is 10.2 Å². The van der Waals surface area contributed by atoms with Gasteiger partial charge in [-0.2, -0.15) is 5.10 Å². The second-order valence-electron chi connectivity index (χ2n) is 6.46. The molecule has 1 aromatic heterocycles. The number of hydrogen-bond donors (Lipinski definition) is 1. The van der Waals surface area contributed by atoms with Gasteiger partial charge in [0, 0.05) is 37.6 Å². The molecule has 128 valence electrons. The first-order valence-corrected chi connectivity index (χ1v) is 8.26. The predicted octanol–water partition coefficient (Wildman–Crippen LogP) is 2.57. The number of nitrogens with one attached hydrogen (secondary N) is 1. The Bertz CT molecular complexity index is 755. The number of benzene rings is 1. The maximum absolute atomic E-state index is 13.3. The average molecular weight is 330 g/mol. The summed E-state index contributed by atoms with van der Waals surface area (Å²) in [6.45, 7) is 5.46. The molecule has 1 fully saturated rings. The number of anilines is 1. The van der Waals surface area contributed by atoms with Crippen molar-refractivity contribution in [3.05, 3.63) is 47.0 Å². The summed E-state index contributed by atoms with van der Waals surface area (Å²) in [6, 6.07) is 4.94. The minimum absolute atomic E-state index is 0.0790. The zero-order chi connectivity index (χ0) is 17.3. The number of aryl methyl sites for hydroxylation is 2. The third-order valence-electron chi connectivity index (χ3n) is 4.74. The number of rotatable bonds is 3. The fourth-order valence-electron chi connectivity index (χ4n) is 3.27. The Labute approximate surface area is 141 Å². The van der Waals surface area contributed by atoms with E-state index in [1.807, 2.05) is 27.0 Å². The van der Waals surface area contributed by atoms with Crippen LogP contribution in [0.1, 0.15) is 34.5 Å². The van der Waals surface area contributed by atoms with Crippen LogP contribution in [0.15, 0.2) is 24.4 Å². The number of piperidine rings is 1. The molecule has 2 aromatic rings. The van der Waals surface area contributed by atoms with E-state index in [9.17, 15) is 9.18 Å². The fourth-order valence-corrected chi connectivity index (χ4v) is 3.27. The van der Waals surface area contributed by atoms with Crippen molar-refractivity contribution in [3.63, 3.8) is 0 Å². The van der Waals surface area contributed by atoms with Crippen molar-refractivity contribution in [3.8, 4) is 0 Å². The van der Waals surface area contributed by atoms with Crippen molar-refractivity contribution in [2.75, 3.05) is 18.0 Å². The summed E-state index contributed by atoms with van der Waals surface area (Å²) in [6.07, 6.45) is 3.55. The van der Waals surface area contributed by atoms with Crippen LogP contribution in [-0.4, -0.2) is 34.8 Å². The number of halogens is 1. The van der Waals surface area contributed by atoms with E-state index in [4.69, 9.17) is 0 Å². The molecule has 1 N–H and O–H groups in total. The lowest BCUT2D eigenvalue weighted by atomic mass is 10.0. The van der Waals surface area contributed by atoms with Crippen LogP contribution in [-0.2, 0) is 7.05 Å². The van der Waals surface area contributed by atoms with Gasteiger partial charge in [-0.05, 0) is 50.5 Å². The van der Waals surface area contributed by atoms with Gasteiger partial charge in [0.05, 0.1) is 11.8 Å². The normalized spacial score (nSPS) is 17.8. The molecule has 1 aliphatic heterocycles. The number of amides is 1. The molecule has 6 heteroatoms. The molecular weight excluding hydrogens is 307 g/mol. The van der Waals surface area contributed by atoms with Crippen LogP contribution in [0.25, 0.3) is 0 Å². The zero-order valence-electron chi connectivity index (χ0n) is 14.3. The van der Waals surface area contributed by atoms with E-state index >= 15 is 0 Å². The van der Waals surface area contributed by atoms with E-state index in [-0.39, 0.29) is 17.8 Å². The van der Waals surface area contributed by atoms with Gasteiger partial charge in [-0.1, -0.05) is 0 Å². The first kappa shape index (κ1) is 16.5. The standard InChI is InChI=1S/C18H23FN4O/c1-12-9-14(19)6-7-17(12)23-8-4-5-15(11-23)21-18(24)16-10-20-22(3)13(16)2/h6-7,9-10,15H,4-5,8,11H2,1-3H3,(H,21,24)/t15-/m1/s1. The van der Waals surface area contributed by atoms with Gasteiger partial charge in [-0.15, -0.1) is 0 Å². The van der Waals surface area contributed by atoms with E-state index < -0.39 is 0 Å². The third-order valence-corrected chi connectivity index (χ3v) is 4.74. The molecule has 0 unspecified atom stereocenters. The van der Waals surface area contributed by atoms with E-state index in [1.54, 1.807) is 16.9 Å². The zero-order valence-corrected chi connectivity index (χ0v) is 14.3. The number of nitrogens with zero attached hydrogens (tertiary/aromatic N) is 3. The number of carbonyl (C=O) groups excluding carboxylic acids is 1. The molecule has 1 atom stereocenters. The molecular formula is C18H23FN4O. The SMILES string of the molecule is Cc1cc(F)ccc1N1CCC[C@@H](NC(=O)c2cnn(C)c2C)C1. The third kappa shape index (κ3) is 3.27. The van der Waals surface area contributed by atoms with Crippen molar-refractivity contribution in [2.45, 2.75) is 32.7 Å². The van der Waals surface area contributed by atoms with Crippen molar-refractivity contribution in [2.24, 2.45) is 7.05 Å². The van der Waals surface area contributed by atoms with Crippen LogP contribution in [0.3, 0.4) is 0 Å². The molecule has 1 amide bonds. The van der Waals surface area contributed by atoms with Gasteiger partial charge in [0.2, 0.25) is 0 Å². The topological polar surface area (TPSA) is 50.2 Å². The Morgan fingerprint density at radius 3 is 2.83 bits per heavy atom. The molecule has 0 saturated carbocycles. The van der Waals surface area contributed by atoms with Gasteiger partial charge in [0.1, 0.15) is 5.82 Å². The molecule has 24 heavy (non-hydrogen) atoms. The molecule has 1 aliphatic rings. The number of hydrogen-bond acceptors (Lipinski definition) is 3. The summed E-state index contributed by atoms with van der Waals surface area (Å²) in [5.41, 5.74) is 3.43. The maximum Gasteiger partial charge on any atom is 0.255 e. The van der Waals surface area contributed by atoms with E-state index in [2.05, 4.69) is 15.3 Å². The minimum Gasteiger partial charge on any atom is -0.369 e. The van der Waals surface area contributed by atoms with Crippen LogP contribution in [0.4, 0.5) is 10.1 Å². The quantitative estimate of drug-likeness (QED) is 0.941. The molecule has 0 aliphatic carbocycles. The van der Waals surface area contributed by atoms with Crippen LogP contribution in [0.5, 0.6) is 0 Å². The lowest BCUT2D eigenvalue weighted by Crippen LogP contribution is -2.48. The summed E-state index contributed by atoms with van der Waals surface area (Å²) >= 11 is 0. The molecule has 0 bridgehead atoms. The molecule has 1 saturated heterocycles. The highest BCUT2D eigenvalue weighted by molar-refractivity contribution is 5.95. The summed E-state index contributed by atoms with van der Waals surface area (Å²) in [5.74, 6) is -0.298. The summed E-state index contributed by atoms with van der Waals surface area (Å²) in [4.78, 5) is 14.7. The fraction of sp³-hybridized carbons (Fsp3) is 0.444. The highest BCUT2D eigenvalue weighted by Gasteiger charge is 2.24. The van der Waals surface area contributed by atoms with E-state index in [0.29, 0.717) is 5.56 Å². The second kappa shape index (κ2) is 6.63. The molecule has 5 nitrogen and oxygen atoms in total. The summed E-state index contributed by atoms with van der Waals surface area (Å²) in [5, 5.41) is 7.23. The van der Waals surface area contributed by atoms with E-state index in [1.165, 1.54) is 6.07 Å². The van der Waals surface area contributed by atoms with Gasteiger partial charge < -0.3 is 10.2 Å². The van der Waals surface area contributed by atoms with Crippen LogP contribution in [0, 0.1) is 19.7 Å². The van der Waals surface area contributed by atoms with Crippen LogP contribution in [0.2, 0.25) is 0 Å². The van der Waals surface area contributed by atoms with Gasteiger partial charge >= 0.3 is 0 Å². The average Bonchev–Trinajstić information content (AvgIpc) is 2.87. The van der Waals surface area contributed by atoms with Gasteiger partial charge in [-0.25, -0.2) is 4.39 Å². The summed E-state index contributed by atoms with van der Waals surface area (Å²) < 4.78 is 15.0. The van der Waals surface area contributed by atoms with Crippen molar-refractivity contribution >= 4 is 11.6 Å². The Hall–Kier alpha value is -2.37. The molecule has 2 heterocycles. The van der Waals surface area contributed by atoms with Crippen LogP contribution >= 0.6 is 0 Å². The maximum atomic E-state index is 13.3. The van der Waals surface area contributed by atoms with Gasteiger partial charge in [0.15, 0.2) is 0 Å². The smallest absolute Gasteiger partial charge is 0.255 e. The largest absolute Gasteiger partial charge is 0.369 e. The Morgan fingerprint density at radius 1 is 1.38 bits per heavy atom. The highest BCUT2D eigenvalue weighted by Crippen LogP contribution is 2.24.